The number of aryl methyl sites for hydroxylation is 1. The zero-order chi connectivity index (χ0) is 15.5. The molecule has 0 aliphatic carbocycles. The average Bonchev–Trinajstić information content (AvgIpc) is 2.31. The summed E-state index contributed by atoms with van der Waals surface area (Å²) in [7, 11) is 0. The molecular weight excluding hydrogens is 270 g/mol. The number of nitrogens with zero attached hydrogens (tertiary/aromatic N) is 2. The van der Waals surface area contributed by atoms with E-state index in [1.807, 2.05) is 41.5 Å². The first-order chi connectivity index (χ1) is 9.15. The summed E-state index contributed by atoms with van der Waals surface area (Å²) in [5, 5.41) is 12.8. The minimum absolute atomic E-state index is 0.0518. The van der Waals surface area contributed by atoms with Crippen LogP contribution in [0.15, 0.2) is 5.03 Å². The highest BCUT2D eigenvalue weighted by Gasteiger charge is 2.17. The predicted molar refractivity (Wildman–Crippen MR) is 81.8 cm³/mol. The van der Waals surface area contributed by atoms with Crippen molar-refractivity contribution < 1.29 is 4.79 Å². The maximum atomic E-state index is 11.8. The molecule has 1 heterocycles. The van der Waals surface area contributed by atoms with Gasteiger partial charge in [0.1, 0.15) is 11.1 Å². The maximum absolute atomic E-state index is 11.8. The van der Waals surface area contributed by atoms with E-state index in [1.165, 1.54) is 11.8 Å². The number of rotatable bonds is 3. The molecule has 1 aromatic rings. The largest absolute Gasteiger partial charge is 0.351 e. The standard InChI is InChI=1S/C15H21N3OS/c1-9-10(2)12(7-16)14(17-11(9)3)20-8-13(19)18-15(4,5)6/h8H2,1-6H3,(H,18,19). The number of pyridine rings is 1. The molecule has 1 rings (SSSR count). The second kappa shape index (κ2) is 6.27. The van der Waals surface area contributed by atoms with E-state index in [4.69, 9.17) is 0 Å². The fraction of sp³-hybridized carbons (Fsp3) is 0.533. The molecule has 1 aromatic heterocycles. The molecule has 0 radical (unpaired) electrons. The zero-order valence-corrected chi connectivity index (χ0v) is 13.7. The van der Waals surface area contributed by atoms with Gasteiger partial charge < -0.3 is 5.32 Å². The molecule has 4 nitrogen and oxygen atoms in total. The van der Waals surface area contributed by atoms with Crippen LogP contribution in [0.3, 0.4) is 0 Å². The van der Waals surface area contributed by atoms with Crippen LogP contribution in [0.1, 0.15) is 43.2 Å². The van der Waals surface area contributed by atoms with Gasteiger partial charge in [0.15, 0.2) is 0 Å². The van der Waals surface area contributed by atoms with Gasteiger partial charge in [-0.25, -0.2) is 4.98 Å². The van der Waals surface area contributed by atoms with Gasteiger partial charge in [0, 0.05) is 11.2 Å². The van der Waals surface area contributed by atoms with Gasteiger partial charge >= 0.3 is 0 Å². The maximum Gasteiger partial charge on any atom is 0.230 e. The molecule has 0 spiro atoms. The van der Waals surface area contributed by atoms with Crippen LogP contribution in [0.2, 0.25) is 0 Å². The van der Waals surface area contributed by atoms with Crippen molar-refractivity contribution in [3.8, 4) is 6.07 Å². The summed E-state index contributed by atoms with van der Waals surface area (Å²) in [6.45, 7) is 11.6. The number of thioether (sulfide) groups is 1. The fourth-order valence-electron chi connectivity index (χ4n) is 1.74. The Morgan fingerprint density at radius 3 is 2.40 bits per heavy atom. The Hall–Kier alpha value is -1.54. The van der Waals surface area contributed by atoms with E-state index in [2.05, 4.69) is 16.4 Å². The highest BCUT2D eigenvalue weighted by atomic mass is 32.2. The van der Waals surface area contributed by atoms with Gasteiger partial charge in [-0.15, -0.1) is 0 Å². The van der Waals surface area contributed by atoms with Gasteiger partial charge in [-0.05, 0) is 52.7 Å². The summed E-state index contributed by atoms with van der Waals surface area (Å²) in [4.78, 5) is 16.3. The SMILES string of the molecule is Cc1nc(SCC(=O)NC(C)(C)C)c(C#N)c(C)c1C. The van der Waals surface area contributed by atoms with Crippen LogP contribution in [0.4, 0.5) is 0 Å². The summed E-state index contributed by atoms with van der Waals surface area (Å²) in [6, 6.07) is 2.19. The van der Waals surface area contributed by atoms with Crippen molar-refractivity contribution in [2.24, 2.45) is 0 Å². The second-order valence-electron chi connectivity index (χ2n) is 5.83. The summed E-state index contributed by atoms with van der Waals surface area (Å²) in [6.07, 6.45) is 0. The molecule has 1 N–H and O–H groups in total. The molecule has 0 aromatic carbocycles. The Kier molecular flexibility index (Phi) is 5.18. The minimum Gasteiger partial charge on any atom is -0.351 e. The van der Waals surface area contributed by atoms with E-state index in [0.717, 1.165) is 16.8 Å². The third kappa shape index (κ3) is 4.24. The van der Waals surface area contributed by atoms with Crippen molar-refractivity contribution in [1.29, 1.82) is 5.26 Å². The van der Waals surface area contributed by atoms with Crippen LogP contribution in [0.25, 0.3) is 0 Å². The molecule has 0 aliphatic rings. The van der Waals surface area contributed by atoms with Crippen LogP contribution in [0.5, 0.6) is 0 Å². The summed E-state index contributed by atoms with van der Waals surface area (Å²) < 4.78 is 0. The van der Waals surface area contributed by atoms with Crippen LogP contribution in [-0.4, -0.2) is 22.2 Å². The molecule has 1 amide bonds. The average molecular weight is 291 g/mol. The molecule has 0 fully saturated rings. The van der Waals surface area contributed by atoms with E-state index in [0.29, 0.717) is 10.6 Å². The van der Waals surface area contributed by atoms with E-state index < -0.39 is 0 Å². The molecule has 0 saturated carbocycles. The Bertz CT molecular complexity index is 568. The lowest BCUT2D eigenvalue weighted by Gasteiger charge is -2.20. The summed E-state index contributed by atoms with van der Waals surface area (Å²) in [5.41, 5.74) is 3.20. The van der Waals surface area contributed by atoms with Crippen LogP contribution < -0.4 is 5.32 Å². The topological polar surface area (TPSA) is 65.8 Å². The Morgan fingerprint density at radius 2 is 1.90 bits per heavy atom. The van der Waals surface area contributed by atoms with Gasteiger partial charge in [0.05, 0.1) is 11.3 Å². The minimum atomic E-state index is -0.248. The molecule has 0 saturated heterocycles. The number of aromatic nitrogens is 1. The van der Waals surface area contributed by atoms with Crippen LogP contribution in [0, 0.1) is 32.1 Å². The normalized spacial score (nSPS) is 11.1. The predicted octanol–water partition coefficient (Wildman–Crippen LogP) is 2.89. The first-order valence-corrected chi connectivity index (χ1v) is 7.46. The monoisotopic (exact) mass is 291 g/mol. The van der Waals surface area contributed by atoms with Gasteiger partial charge in [0.25, 0.3) is 0 Å². The number of hydrogen-bond donors (Lipinski definition) is 1. The molecule has 20 heavy (non-hydrogen) atoms. The Labute approximate surface area is 125 Å². The van der Waals surface area contributed by atoms with Gasteiger partial charge in [-0.2, -0.15) is 5.26 Å². The smallest absolute Gasteiger partial charge is 0.230 e. The Morgan fingerprint density at radius 1 is 1.30 bits per heavy atom. The molecule has 0 atom stereocenters. The van der Waals surface area contributed by atoms with Gasteiger partial charge in [-0.1, -0.05) is 11.8 Å². The summed E-state index contributed by atoms with van der Waals surface area (Å²) in [5.74, 6) is 0.213. The fourth-order valence-corrected chi connectivity index (χ4v) is 2.62. The van der Waals surface area contributed by atoms with Crippen molar-refractivity contribution in [2.45, 2.75) is 52.1 Å². The van der Waals surface area contributed by atoms with Gasteiger partial charge in [0.2, 0.25) is 5.91 Å². The highest BCUT2D eigenvalue weighted by molar-refractivity contribution is 8.00. The molecule has 0 unspecified atom stereocenters. The quantitative estimate of drug-likeness (QED) is 0.870. The van der Waals surface area contributed by atoms with E-state index in [-0.39, 0.29) is 17.2 Å². The third-order valence-corrected chi connectivity index (χ3v) is 3.90. The van der Waals surface area contributed by atoms with Crippen molar-refractivity contribution in [3.63, 3.8) is 0 Å². The number of amides is 1. The van der Waals surface area contributed by atoms with Crippen molar-refractivity contribution in [1.82, 2.24) is 10.3 Å². The van der Waals surface area contributed by atoms with Crippen LogP contribution in [-0.2, 0) is 4.79 Å². The first-order valence-electron chi connectivity index (χ1n) is 6.47. The number of nitriles is 1. The lowest BCUT2D eigenvalue weighted by atomic mass is 10.1. The van der Waals surface area contributed by atoms with Crippen molar-refractivity contribution in [3.05, 3.63) is 22.4 Å². The van der Waals surface area contributed by atoms with E-state index >= 15 is 0 Å². The van der Waals surface area contributed by atoms with Crippen molar-refractivity contribution in [2.75, 3.05) is 5.75 Å². The highest BCUT2D eigenvalue weighted by Crippen LogP contribution is 2.26. The number of hydrogen-bond acceptors (Lipinski definition) is 4. The zero-order valence-electron chi connectivity index (χ0n) is 12.9. The lowest BCUT2D eigenvalue weighted by Crippen LogP contribution is -2.41. The molecular formula is C15H21N3OS. The summed E-state index contributed by atoms with van der Waals surface area (Å²) >= 11 is 1.31. The van der Waals surface area contributed by atoms with Crippen molar-refractivity contribution >= 4 is 17.7 Å². The van der Waals surface area contributed by atoms with Gasteiger partial charge in [-0.3, -0.25) is 4.79 Å². The molecule has 5 heteroatoms. The molecule has 0 bridgehead atoms. The first kappa shape index (κ1) is 16.5. The second-order valence-corrected chi connectivity index (χ2v) is 6.79. The third-order valence-electron chi connectivity index (χ3n) is 2.93. The lowest BCUT2D eigenvalue weighted by molar-refractivity contribution is -0.119. The Balaban J connectivity index is 2.89. The number of nitrogens with one attached hydrogen (secondary N) is 1. The number of carbonyl (C=O) groups excluding carboxylic acids is 1. The number of carbonyl (C=O) groups is 1. The van der Waals surface area contributed by atoms with E-state index in [9.17, 15) is 10.1 Å². The molecule has 0 aliphatic heterocycles. The molecule has 108 valence electrons. The van der Waals surface area contributed by atoms with E-state index in [1.54, 1.807) is 0 Å². The van der Waals surface area contributed by atoms with Crippen LogP contribution >= 0.6 is 11.8 Å².